The van der Waals surface area contributed by atoms with E-state index in [-0.39, 0.29) is 12.0 Å². The average Bonchev–Trinajstić information content (AvgIpc) is 2.10. The van der Waals surface area contributed by atoms with Crippen molar-refractivity contribution in [3.05, 3.63) is 21.0 Å². The first-order valence-corrected chi connectivity index (χ1v) is 4.17. The van der Waals surface area contributed by atoms with E-state index in [1.54, 1.807) is 13.8 Å². The van der Waals surface area contributed by atoms with Crippen molar-refractivity contribution < 1.29 is 0 Å². The Morgan fingerprint density at radius 1 is 1.43 bits per heavy atom. The van der Waals surface area contributed by atoms with Crippen molar-refractivity contribution in [1.29, 1.82) is 0 Å². The molecule has 0 saturated heterocycles. The molecule has 3 N–H and O–H groups in total. The maximum absolute atomic E-state index is 11.5. The number of nitrogens with zero attached hydrogens (tertiary/aromatic N) is 3. The summed E-state index contributed by atoms with van der Waals surface area (Å²) in [6.45, 7) is 3.42. The van der Waals surface area contributed by atoms with Crippen molar-refractivity contribution in [1.82, 2.24) is 14.2 Å². The summed E-state index contributed by atoms with van der Waals surface area (Å²) in [5.41, 5.74) is -1.18. The lowest BCUT2D eigenvalue weighted by atomic mass is 10.4. The number of hydrogen-bond acceptors (Lipinski definition) is 5. The van der Waals surface area contributed by atoms with Gasteiger partial charge in [-0.25, -0.2) is 14.2 Å². The maximum atomic E-state index is 11.5. The van der Waals surface area contributed by atoms with Gasteiger partial charge in [-0.05, 0) is 13.8 Å². The third-order valence-electron chi connectivity index (χ3n) is 1.79. The van der Waals surface area contributed by atoms with Crippen LogP contribution in [-0.4, -0.2) is 21.3 Å². The Balaban J connectivity index is 3.58. The molecule has 1 aromatic heterocycles. The second-order valence-corrected chi connectivity index (χ2v) is 3.08. The van der Waals surface area contributed by atoms with Gasteiger partial charge in [-0.15, -0.1) is 0 Å². The van der Waals surface area contributed by atoms with Crippen LogP contribution in [0.3, 0.4) is 0 Å². The molecule has 7 heteroatoms. The number of nitrogen functional groups attached to an aromatic ring is 1. The van der Waals surface area contributed by atoms with Crippen LogP contribution in [-0.2, 0) is 0 Å². The van der Waals surface area contributed by atoms with E-state index in [2.05, 4.69) is 10.3 Å². The zero-order valence-corrected chi connectivity index (χ0v) is 8.31. The molecule has 7 nitrogen and oxygen atoms in total. The summed E-state index contributed by atoms with van der Waals surface area (Å²) in [7, 11) is 1.53. The van der Waals surface area contributed by atoms with Gasteiger partial charge in [-0.2, -0.15) is 9.66 Å². The minimum atomic E-state index is -0.601. The highest BCUT2D eigenvalue weighted by Crippen LogP contribution is 1.95. The first-order valence-electron chi connectivity index (χ1n) is 4.17. The Morgan fingerprint density at radius 3 is 2.43 bits per heavy atom. The van der Waals surface area contributed by atoms with Gasteiger partial charge in [-0.3, -0.25) is 0 Å². The SMILES string of the molecule is CNc1nc(=O)n(C(C)C)c(=O)n1N. The van der Waals surface area contributed by atoms with Gasteiger partial charge in [0.05, 0.1) is 0 Å². The summed E-state index contributed by atoms with van der Waals surface area (Å²) in [5.74, 6) is 5.47. The van der Waals surface area contributed by atoms with E-state index >= 15 is 0 Å². The van der Waals surface area contributed by atoms with E-state index in [1.807, 2.05) is 0 Å². The van der Waals surface area contributed by atoms with Crippen LogP contribution in [0.2, 0.25) is 0 Å². The molecule has 0 radical (unpaired) electrons. The predicted molar refractivity (Wildman–Crippen MR) is 52.8 cm³/mol. The summed E-state index contributed by atoms with van der Waals surface area (Å²) < 4.78 is 1.79. The summed E-state index contributed by atoms with van der Waals surface area (Å²) >= 11 is 0. The topological polar surface area (TPSA) is 94.9 Å². The minimum Gasteiger partial charge on any atom is -0.357 e. The van der Waals surface area contributed by atoms with Crippen molar-refractivity contribution >= 4 is 5.95 Å². The zero-order chi connectivity index (χ0) is 10.9. The van der Waals surface area contributed by atoms with Gasteiger partial charge < -0.3 is 11.2 Å². The molecule has 1 heterocycles. The Kier molecular flexibility index (Phi) is 2.59. The highest BCUT2D eigenvalue weighted by molar-refractivity contribution is 5.21. The van der Waals surface area contributed by atoms with Crippen LogP contribution in [0.1, 0.15) is 19.9 Å². The molecule has 0 spiro atoms. The lowest BCUT2D eigenvalue weighted by Gasteiger charge is -2.11. The van der Waals surface area contributed by atoms with Crippen LogP contribution in [0.5, 0.6) is 0 Å². The summed E-state index contributed by atoms with van der Waals surface area (Å²) in [6.07, 6.45) is 0. The van der Waals surface area contributed by atoms with Gasteiger partial charge in [0.1, 0.15) is 0 Å². The molecule has 0 atom stereocenters. The largest absolute Gasteiger partial charge is 0.357 e. The Hall–Kier alpha value is -1.79. The van der Waals surface area contributed by atoms with Gasteiger partial charge in [0.2, 0.25) is 5.95 Å². The Labute approximate surface area is 80.2 Å². The van der Waals surface area contributed by atoms with E-state index < -0.39 is 11.4 Å². The van der Waals surface area contributed by atoms with Crippen LogP contribution in [0, 0.1) is 0 Å². The molecule has 0 amide bonds. The molecular weight excluding hydrogens is 186 g/mol. The maximum Gasteiger partial charge on any atom is 0.355 e. The fraction of sp³-hybridized carbons (Fsp3) is 0.571. The van der Waals surface area contributed by atoms with Crippen molar-refractivity contribution in [2.75, 3.05) is 18.2 Å². The Morgan fingerprint density at radius 2 is 2.00 bits per heavy atom. The highest BCUT2D eigenvalue weighted by atomic mass is 16.2. The fourth-order valence-corrected chi connectivity index (χ4v) is 1.10. The van der Waals surface area contributed by atoms with Gasteiger partial charge in [0.25, 0.3) is 0 Å². The molecule has 0 saturated carbocycles. The second kappa shape index (κ2) is 3.52. The average molecular weight is 199 g/mol. The van der Waals surface area contributed by atoms with E-state index in [0.717, 1.165) is 9.24 Å². The van der Waals surface area contributed by atoms with Crippen LogP contribution in [0.25, 0.3) is 0 Å². The number of anilines is 1. The fourth-order valence-electron chi connectivity index (χ4n) is 1.10. The smallest absolute Gasteiger partial charge is 0.355 e. The van der Waals surface area contributed by atoms with Crippen molar-refractivity contribution in [3.8, 4) is 0 Å². The van der Waals surface area contributed by atoms with Crippen molar-refractivity contribution in [2.45, 2.75) is 19.9 Å². The quantitative estimate of drug-likeness (QED) is 0.580. The molecule has 0 bridgehead atoms. The number of nitrogens with two attached hydrogens (primary N) is 1. The highest BCUT2D eigenvalue weighted by Gasteiger charge is 2.11. The predicted octanol–water partition coefficient (Wildman–Crippen LogP) is -1.26. The normalized spacial score (nSPS) is 10.6. The van der Waals surface area contributed by atoms with Crippen LogP contribution < -0.4 is 22.5 Å². The first-order chi connectivity index (χ1) is 6.49. The van der Waals surface area contributed by atoms with Crippen molar-refractivity contribution in [3.63, 3.8) is 0 Å². The molecule has 14 heavy (non-hydrogen) atoms. The molecule has 78 valence electrons. The molecule has 0 aliphatic rings. The number of nitrogens with one attached hydrogen (secondary N) is 1. The molecule has 1 aromatic rings. The van der Waals surface area contributed by atoms with Crippen molar-refractivity contribution in [2.24, 2.45) is 0 Å². The lowest BCUT2D eigenvalue weighted by molar-refractivity contribution is 0.512. The molecule has 0 unspecified atom stereocenters. The molecular formula is C7H13N5O2. The third-order valence-corrected chi connectivity index (χ3v) is 1.79. The Bertz CT molecular complexity index is 444. The summed E-state index contributed by atoms with van der Waals surface area (Å²) in [4.78, 5) is 26.5. The minimum absolute atomic E-state index is 0.0527. The van der Waals surface area contributed by atoms with Crippen LogP contribution in [0.15, 0.2) is 9.59 Å². The van der Waals surface area contributed by atoms with E-state index in [9.17, 15) is 9.59 Å². The van der Waals surface area contributed by atoms with Crippen LogP contribution in [0.4, 0.5) is 5.95 Å². The van der Waals surface area contributed by atoms with Gasteiger partial charge in [0.15, 0.2) is 0 Å². The summed E-state index contributed by atoms with van der Waals surface area (Å²) in [5, 5.41) is 2.56. The number of aromatic nitrogens is 3. The molecule has 0 aliphatic carbocycles. The molecule has 0 aliphatic heterocycles. The van der Waals surface area contributed by atoms with E-state index in [4.69, 9.17) is 5.84 Å². The van der Waals surface area contributed by atoms with Gasteiger partial charge in [-0.1, -0.05) is 0 Å². The van der Waals surface area contributed by atoms with Gasteiger partial charge in [0, 0.05) is 13.1 Å². The monoisotopic (exact) mass is 199 g/mol. The van der Waals surface area contributed by atoms with Gasteiger partial charge >= 0.3 is 11.4 Å². The third kappa shape index (κ3) is 1.48. The zero-order valence-electron chi connectivity index (χ0n) is 8.31. The molecule has 0 fully saturated rings. The van der Waals surface area contributed by atoms with E-state index in [0.29, 0.717) is 0 Å². The lowest BCUT2D eigenvalue weighted by Crippen LogP contribution is -2.46. The number of rotatable bonds is 2. The standard InChI is InChI=1S/C7H13N5O2/c1-4(2)11-6(13)10-5(9-3)12(8)7(11)14/h4H,8H2,1-3H3,(H,9,10,13). The number of hydrogen-bond donors (Lipinski definition) is 2. The molecule has 0 aromatic carbocycles. The second-order valence-electron chi connectivity index (χ2n) is 3.08. The molecule has 1 rings (SSSR count). The first kappa shape index (κ1) is 10.3. The van der Waals surface area contributed by atoms with Crippen LogP contribution >= 0.6 is 0 Å². The summed E-state index contributed by atoms with van der Waals surface area (Å²) in [6, 6.07) is -0.261. The van der Waals surface area contributed by atoms with E-state index in [1.165, 1.54) is 7.05 Å².